The Kier molecular flexibility index (Phi) is 6.12. The third kappa shape index (κ3) is 5.08. The summed E-state index contributed by atoms with van der Waals surface area (Å²) < 4.78 is 0. The minimum atomic E-state index is -0.298. The average Bonchev–Trinajstić information content (AvgIpc) is 2.56. The summed E-state index contributed by atoms with van der Waals surface area (Å²) in [5, 5.41) is 4.00. The van der Waals surface area contributed by atoms with Gasteiger partial charge in [-0.2, -0.15) is 0 Å². The van der Waals surface area contributed by atoms with Crippen LogP contribution in [0, 0.1) is 0 Å². The Balaban J connectivity index is 1.88. The molecule has 0 fully saturated rings. The van der Waals surface area contributed by atoms with Crippen LogP contribution in [-0.4, -0.2) is 33.3 Å². The van der Waals surface area contributed by atoms with Crippen LogP contribution < -0.4 is 21.7 Å². The molecular weight excluding hydrogens is 334 g/mol. The number of hydrazine groups is 1. The lowest BCUT2D eigenvalue weighted by molar-refractivity contribution is -0.119. The highest BCUT2D eigenvalue weighted by atomic mass is 32.2. The fourth-order valence-corrected chi connectivity index (χ4v) is 2.44. The summed E-state index contributed by atoms with van der Waals surface area (Å²) in [6.45, 7) is 4.04. The lowest BCUT2D eigenvalue weighted by Gasteiger charge is -2.09. The van der Waals surface area contributed by atoms with E-state index >= 15 is 0 Å². The molecule has 0 spiro atoms. The van der Waals surface area contributed by atoms with E-state index in [0.717, 1.165) is 11.8 Å². The van der Waals surface area contributed by atoms with Gasteiger partial charge in [-0.05, 0) is 24.4 Å². The van der Waals surface area contributed by atoms with E-state index in [9.17, 15) is 9.59 Å². The SMILES string of the molecule is C=CCNC(=S)NNC(=O)CSc1nc2ccccc2c(=O)[nH]1. The first-order chi connectivity index (χ1) is 11.1. The van der Waals surface area contributed by atoms with Gasteiger partial charge in [0.1, 0.15) is 0 Å². The second kappa shape index (κ2) is 8.30. The lowest BCUT2D eigenvalue weighted by Crippen LogP contribution is -2.47. The van der Waals surface area contributed by atoms with E-state index in [0.29, 0.717) is 27.7 Å². The molecule has 7 nitrogen and oxygen atoms in total. The highest BCUT2D eigenvalue weighted by Gasteiger charge is 2.07. The van der Waals surface area contributed by atoms with Crippen molar-refractivity contribution >= 4 is 45.9 Å². The average molecular weight is 349 g/mol. The van der Waals surface area contributed by atoms with Crippen molar-refractivity contribution in [3.8, 4) is 0 Å². The molecule has 23 heavy (non-hydrogen) atoms. The first-order valence-electron chi connectivity index (χ1n) is 6.65. The number of benzene rings is 1. The van der Waals surface area contributed by atoms with Crippen molar-refractivity contribution in [2.75, 3.05) is 12.3 Å². The molecule has 1 aromatic heterocycles. The molecule has 9 heteroatoms. The van der Waals surface area contributed by atoms with Crippen molar-refractivity contribution < 1.29 is 4.79 Å². The highest BCUT2D eigenvalue weighted by molar-refractivity contribution is 7.99. The summed E-state index contributed by atoms with van der Waals surface area (Å²) in [5.41, 5.74) is 5.37. The fraction of sp³-hybridized carbons (Fsp3) is 0.143. The van der Waals surface area contributed by atoms with Crippen LogP contribution in [0.2, 0.25) is 0 Å². The molecule has 2 aromatic rings. The van der Waals surface area contributed by atoms with Gasteiger partial charge in [0.2, 0.25) is 5.91 Å². The van der Waals surface area contributed by atoms with Gasteiger partial charge in [0.25, 0.3) is 5.56 Å². The Morgan fingerprint density at radius 2 is 2.17 bits per heavy atom. The maximum Gasteiger partial charge on any atom is 0.259 e. The van der Waals surface area contributed by atoms with E-state index in [1.165, 1.54) is 0 Å². The minimum absolute atomic E-state index is 0.0817. The molecule has 0 unspecified atom stereocenters. The van der Waals surface area contributed by atoms with Crippen LogP contribution in [0.15, 0.2) is 46.9 Å². The third-order valence-corrected chi connectivity index (χ3v) is 3.77. The summed E-state index contributed by atoms with van der Waals surface area (Å²) in [5.74, 6) is -0.216. The van der Waals surface area contributed by atoms with E-state index in [-0.39, 0.29) is 17.2 Å². The van der Waals surface area contributed by atoms with Gasteiger partial charge in [0, 0.05) is 6.54 Å². The number of carbonyl (C=O) groups excluding carboxylic acids is 1. The predicted molar refractivity (Wildman–Crippen MR) is 95.2 cm³/mol. The molecule has 0 atom stereocenters. The first kappa shape index (κ1) is 17.0. The van der Waals surface area contributed by atoms with Crippen molar-refractivity contribution in [1.29, 1.82) is 0 Å². The molecule has 0 aliphatic rings. The van der Waals surface area contributed by atoms with Crippen LogP contribution in [-0.2, 0) is 4.79 Å². The number of rotatable bonds is 5. The van der Waals surface area contributed by atoms with E-state index < -0.39 is 0 Å². The summed E-state index contributed by atoms with van der Waals surface area (Å²) in [6.07, 6.45) is 1.65. The molecule has 1 aromatic carbocycles. The zero-order valence-electron chi connectivity index (χ0n) is 12.1. The van der Waals surface area contributed by atoms with Gasteiger partial charge in [-0.25, -0.2) is 4.98 Å². The molecule has 0 radical (unpaired) electrons. The number of aromatic nitrogens is 2. The predicted octanol–water partition coefficient (Wildman–Crippen LogP) is 0.696. The van der Waals surface area contributed by atoms with Crippen LogP contribution in [0.3, 0.4) is 0 Å². The number of hydrogen-bond acceptors (Lipinski definition) is 5. The second-order valence-electron chi connectivity index (χ2n) is 4.35. The Hall–Kier alpha value is -2.39. The molecule has 0 saturated carbocycles. The van der Waals surface area contributed by atoms with E-state index in [2.05, 4.69) is 32.7 Å². The number of H-pyrrole nitrogens is 1. The quantitative estimate of drug-likeness (QED) is 0.207. The van der Waals surface area contributed by atoms with Crippen LogP contribution in [0.4, 0.5) is 0 Å². The van der Waals surface area contributed by atoms with E-state index in [4.69, 9.17) is 12.2 Å². The number of thioether (sulfide) groups is 1. The summed E-state index contributed by atoms with van der Waals surface area (Å²) in [6, 6.07) is 7.02. The van der Waals surface area contributed by atoms with E-state index in [1.54, 1.807) is 30.3 Å². The Bertz CT molecular complexity index is 790. The monoisotopic (exact) mass is 349 g/mol. The van der Waals surface area contributed by atoms with Crippen LogP contribution >= 0.6 is 24.0 Å². The maximum atomic E-state index is 11.9. The topological polar surface area (TPSA) is 98.9 Å². The van der Waals surface area contributed by atoms with Crippen molar-refractivity contribution in [2.24, 2.45) is 0 Å². The molecule has 0 saturated heterocycles. The maximum absolute atomic E-state index is 11.9. The fourth-order valence-electron chi connectivity index (χ4n) is 1.64. The van der Waals surface area contributed by atoms with Crippen molar-refractivity contribution in [1.82, 2.24) is 26.1 Å². The second-order valence-corrected chi connectivity index (χ2v) is 5.72. The number of nitrogens with zero attached hydrogens (tertiary/aromatic N) is 1. The number of fused-ring (bicyclic) bond motifs is 1. The molecule has 2 rings (SSSR count). The Morgan fingerprint density at radius 3 is 2.96 bits per heavy atom. The smallest absolute Gasteiger partial charge is 0.259 e. The van der Waals surface area contributed by atoms with Crippen molar-refractivity contribution in [3.05, 3.63) is 47.3 Å². The van der Waals surface area contributed by atoms with Gasteiger partial charge in [-0.15, -0.1) is 6.58 Å². The first-order valence-corrected chi connectivity index (χ1v) is 8.05. The third-order valence-electron chi connectivity index (χ3n) is 2.65. The van der Waals surface area contributed by atoms with Gasteiger partial charge in [-0.3, -0.25) is 20.4 Å². The molecule has 1 heterocycles. The van der Waals surface area contributed by atoms with Gasteiger partial charge < -0.3 is 10.3 Å². The Labute approximate surface area is 141 Å². The molecule has 0 aliphatic heterocycles. The zero-order valence-corrected chi connectivity index (χ0v) is 13.7. The van der Waals surface area contributed by atoms with Gasteiger partial charge in [0.15, 0.2) is 10.3 Å². The molecule has 0 aliphatic carbocycles. The molecule has 120 valence electrons. The van der Waals surface area contributed by atoms with Crippen LogP contribution in [0.5, 0.6) is 0 Å². The molecule has 0 bridgehead atoms. The summed E-state index contributed by atoms with van der Waals surface area (Å²) in [7, 11) is 0. The van der Waals surface area contributed by atoms with Crippen molar-refractivity contribution in [2.45, 2.75) is 5.16 Å². The number of aromatic amines is 1. The van der Waals surface area contributed by atoms with Gasteiger partial charge in [-0.1, -0.05) is 30.0 Å². The van der Waals surface area contributed by atoms with Crippen LogP contribution in [0.1, 0.15) is 0 Å². The number of carbonyl (C=O) groups is 1. The normalized spacial score (nSPS) is 10.1. The number of thiocarbonyl (C=S) groups is 1. The molecule has 4 N–H and O–H groups in total. The van der Waals surface area contributed by atoms with Crippen molar-refractivity contribution in [3.63, 3.8) is 0 Å². The van der Waals surface area contributed by atoms with Gasteiger partial charge >= 0.3 is 0 Å². The largest absolute Gasteiger partial charge is 0.358 e. The number of nitrogens with one attached hydrogen (secondary N) is 4. The minimum Gasteiger partial charge on any atom is -0.358 e. The molecule has 1 amide bonds. The van der Waals surface area contributed by atoms with Crippen LogP contribution in [0.25, 0.3) is 10.9 Å². The van der Waals surface area contributed by atoms with E-state index in [1.807, 2.05) is 0 Å². The summed E-state index contributed by atoms with van der Waals surface area (Å²) >= 11 is 6.06. The number of amides is 1. The standard InChI is InChI=1S/C14H15N5O2S2/c1-2-7-15-13(22)19-18-11(20)8-23-14-16-10-6-4-3-5-9(10)12(21)17-14/h2-6H,1,7-8H2,(H,18,20)(H2,15,19,22)(H,16,17,21). The summed E-state index contributed by atoms with van der Waals surface area (Å²) in [4.78, 5) is 30.6. The Morgan fingerprint density at radius 1 is 1.39 bits per heavy atom. The van der Waals surface area contributed by atoms with Gasteiger partial charge in [0.05, 0.1) is 16.7 Å². The highest BCUT2D eigenvalue weighted by Crippen LogP contribution is 2.14. The molecular formula is C14H15N5O2S2. The number of hydrogen-bond donors (Lipinski definition) is 4. The zero-order chi connectivity index (χ0) is 16.7. The lowest BCUT2D eigenvalue weighted by atomic mass is 10.2. The number of para-hydroxylation sites is 1.